The summed E-state index contributed by atoms with van der Waals surface area (Å²) in [7, 11) is -3.59. The highest BCUT2D eigenvalue weighted by Gasteiger charge is 2.32. The maximum absolute atomic E-state index is 13.2. The highest BCUT2D eigenvalue weighted by atomic mass is 32.2. The lowest BCUT2D eigenvalue weighted by molar-refractivity contribution is 0.163. The molecule has 2 aromatic heterocycles. The van der Waals surface area contributed by atoms with E-state index in [-0.39, 0.29) is 23.8 Å². The molecule has 1 aliphatic carbocycles. The van der Waals surface area contributed by atoms with Crippen molar-refractivity contribution in [2.45, 2.75) is 56.6 Å². The summed E-state index contributed by atoms with van der Waals surface area (Å²) >= 11 is 0. The quantitative estimate of drug-likeness (QED) is 0.235. The Balaban J connectivity index is 0.000000749. The van der Waals surface area contributed by atoms with E-state index in [1.54, 1.807) is 67.3 Å². The van der Waals surface area contributed by atoms with Gasteiger partial charge < -0.3 is 9.47 Å². The van der Waals surface area contributed by atoms with Crippen molar-refractivity contribution in [3.05, 3.63) is 109 Å². The second-order valence-corrected chi connectivity index (χ2v) is 13.5. The first kappa shape index (κ1) is 33.0. The number of allylic oxidation sites excluding steroid dienone is 2. The van der Waals surface area contributed by atoms with Crippen molar-refractivity contribution in [2.75, 3.05) is 13.2 Å². The van der Waals surface area contributed by atoms with Crippen LogP contribution in [-0.4, -0.2) is 36.8 Å². The molecule has 0 amide bonds. The maximum atomic E-state index is 13.2. The Morgan fingerprint density at radius 3 is 2.07 bits per heavy atom. The van der Waals surface area contributed by atoms with E-state index in [1.807, 2.05) is 58.0 Å². The van der Waals surface area contributed by atoms with Crippen molar-refractivity contribution in [1.29, 1.82) is 10.5 Å². The summed E-state index contributed by atoms with van der Waals surface area (Å²) in [5, 5.41) is 18.1. The third-order valence-electron chi connectivity index (χ3n) is 7.13. The molecule has 0 radical (unpaired) electrons. The molecular formula is C34H38N4O4S. The van der Waals surface area contributed by atoms with Crippen LogP contribution < -0.4 is 4.74 Å². The fourth-order valence-corrected chi connectivity index (χ4v) is 5.69. The number of hydrogen-bond donors (Lipinski definition) is 0. The second kappa shape index (κ2) is 15.1. The minimum absolute atomic E-state index is 0.178. The first-order valence-corrected chi connectivity index (χ1v) is 15.6. The molecule has 1 aromatic carbocycles. The topological polar surface area (TPSA) is 126 Å². The normalized spacial score (nSPS) is 15.5. The number of aromatic nitrogens is 2. The SMILES string of the molecule is CC(C)(C#N)CCOc1ccc(S(=O)(=O)C2C=CC(OCC(c3ccncc3)C(C)(C)C#N)=CC2)cc1.c1ccncc1. The van der Waals surface area contributed by atoms with Crippen LogP contribution in [0.5, 0.6) is 5.75 Å². The van der Waals surface area contributed by atoms with Crippen LogP contribution in [0.1, 0.15) is 52.0 Å². The predicted octanol–water partition coefficient (Wildman–Crippen LogP) is 6.82. The Morgan fingerprint density at radius 1 is 0.907 bits per heavy atom. The van der Waals surface area contributed by atoms with E-state index in [0.29, 0.717) is 24.5 Å². The van der Waals surface area contributed by atoms with Gasteiger partial charge in [0, 0.05) is 30.7 Å². The van der Waals surface area contributed by atoms with Crippen molar-refractivity contribution in [3.63, 3.8) is 0 Å². The van der Waals surface area contributed by atoms with Crippen LogP contribution in [0.3, 0.4) is 0 Å². The summed E-state index contributed by atoms with van der Waals surface area (Å²) in [5.41, 5.74) is -0.171. The predicted molar refractivity (Wildman–Crippen MR) is 165 cm³/mol. The standard InChI is InChI=1S/C29H33N3O4S.C5H5N/c1-28(2,20-30)15-18-35-23-5-9-25(10-6-23)37(33,34)26-11-7-24(8-12-26)36-19-27(29(3,4)21-31)22-13-16-32-17-14-22;1-2-4-6-5-3-1/h5-11,13-14,16-17,26-27H,12,15,18-19H2,1-4H3;1-5H. The molecule has 43 heavy (non-hydrogen) atoms. The van der Waals surface area contributed by atoms with Gasteiger partial charge in [0.05, 0.1) is 46.3 Å². The van der Waals surface area contributed by atoms with Crippen molar-refractivity contribution >= 4 is 9.84 Å². The number of hydrogen-bond acceptors (Lipinski definition) is 8. The largest absolute Gasteiger partial charge is 0.494 e. The molecule has 1 aliphatic rings. The fourth-order valence-electron chi connectivity index (χ4n) is 4.19. The molecular weight excluding hydrogens is 560 g/mol. The Kier molecular flexibility index (Phi) is 11.6. The first-order valence-electron chi connectivity index (χ1n) is 14.0. The van der Waals surface area contributed by atoms with Gasteiger partial charge in [-0.3, -0.25) is 9.97 Å². The monoisotopic (exact) mass is 598 g/mol. The minimum Gasteiger partial charge on any atom is -0.494 e. The molecule has 8 nitrogen and oxygen atoms in total. The fraction of sp³-hybridized carbons (Fsp3) is 0.353. The highest BCUT2D eigenvalue weighted by molar-refractivity contribution is 7.92. The average molecular weight is 599 g/mol. The van der Waals surface area contributed by atoms with Crippen molar-refractivity contribution in [1.82, 2.24) is 9.97 Å². The van der Waals surface area contributed by atoms with Gasteiger partial charge in [0.15, 0.2) is 9.84 Å². The maximum Gasteiger partial charge on any atom is 0.185 e. The van der Waals surface area contributed by atoms with Gasteiger partial charge in [-0.1, -0.05) is 12.1 Å². The van der Waals surface area contributed by atoms with E-state index in [2.05, 4.69) is 22.1 Å². The van der Waals surface area contributed by atoms with Crippen LogP contribution in [0.2, 0.25) is 0 Å². The lowest BCUT2D eigenvalue weighted by Crippen LogP contribution is -2.25. The molecule has 2 unspecified atom stereocenters. The number of ether oxygens (including phenoxy) is 2. The number of pyridine rings is 2. The molecule has 0 fully saturated rings. The highest BCUT2D eigenvalue weighted by Crippen LogP contribution is 2.36. The molecule has 0 saturated heterocycles. The third kappa shape index (κ3) is 9.80. The van der Waals surface area contributed by atoms with Gasteiger partial charge in [0.25, 0.3) is 0 Å². The van der Waals surface area contributed by atoms with Gasteiger partial charge in [-0.05, 0) is 107 Å². The van der Waals surface area contributed by atoms with Crippen molar-refractivity contribution in [3.8, 4) is 17.9 Å². The molecule has 224 valence electrons. The number of nitriles is 2. The molecule has 0 saturated carbocycles. The van der Waals surface area contributed by atoms with Crippen LogP contribution in [-0.2, 0) is 14.6 Å². The van der Waals surface area contributed by atoms with Crippen LogP contribution in [0.25, 0.3) is 0 Å². The zero-order chi connectivity index (χ0) is 31.3. The Hall–Kier alpha value is -4.47. The van der Waals surface area contributed by atoms with Crippen LogP contribution in [0.4, 0.5) is 0 Å². The van der Waals surface area contributed by atoms with E-state index < -0.39 is 25.9 Å². The van der Waals surface area contributed by atoms with E-state index in [4.69, 9.17) is 14.7 Å². The minimum atomic E-state index is -3.59. The molecule has 0 spiro atoms. The second-order valence-electron chi connectivity index (χ2n) is 11.4. The van der Waals surface area contributed by atoms with Gasteiger partial charge >= 0.3 is 0 Å². The van der Waals surface area contributed by atoms with Crippen LogP contribution in [0, 0.1) is 33.5 Å². The van der Waals surface area contributed by atoms with E-state index in [0.717, 1.165) is 5.56 Å². The zero-order valence-electron chi connectivity index (χ0n) is 25.1. The van der Waals surface area contributed by atoms with Crippen LogP contribution in [0.15, 0.2) is 108 Å². The van der Waals surface area contributed by atoms with Gasteiger partial charge in [0.1, 0.15) is 11.5 Å². The third-order valence-corrected chi connectivity index (χ3v) is 9.20. The Bertz CT molecular complexity index is 1530. The van der Waals surface area contributed by atoms with Crippen molar-refractivity contribution in [2.24, 2.45) is 10.8 Å². The number of rotatable bonds is 11. The number of sulfone groups is 1. The summed E-state index contributed by atoms with van der Waals surface area (Å²) < 4.78 is 38.0. The molecule has 0 bridgehead atoms. The summed E-state index contributed by atoms with van der Waals surface area (Å²) in [4.78, 5) is 8.06. The number of benzene rings is 1. The lowest BCUT2D eigenvalue weighted by atomic mass is 9.77. The molecule has 4 rings (SSSR count). The molecule has 9 heteroatoms. The van der Waals surface area contributed by atoms with Gasteiger partial charge in [0.2, 0.25) is 0 Å². The number of nitrogens with zero attached hydrogens (tertiary/aromatic N) is 4. The molecule has 0 aliphatic heterocycles. The summed E-state index contributed by atoms with van der Waals surface area (Å²) in [6.07, 6.45) is 12.9. The first-order chi connectivity index (χ1) is 20.5. The zero-order valence-corrected chi connectivity index (χ0v) is 25.9. The molecule has 0 N–H and O–H groups in total. The van der Waals surface area contributed by atoms with E-state index in [9.17, 15) is 13.7 Å². The Labute approximate surface area is 255 Å². The lowest BCUT2D eigenvalue weighted by Gasteiger charge is -2.29. The van der Waals surface area contributed by atoms with Gasteiger partial charge in [-0.15, -0.1) is 0 Å². The molecule has 2 atom stereocenters. The Morgan fingerprint density at radius 2 is 1.56 bits per heavy atom. The summed E-state index contributed by atoms with van der Waals surface area (Å²) in [5.74, 6) is 0.970. The van der Waals surface area contributed by atoms with E-state index >= 15 is 0 Å². The van der Waals surface area contributed by atoms with Crippen LogP contribution >= 0.6 is 0 Å². The van der Waals surface area contributed by atoms with Crippen molar-refractivity contribution < 1.29 is 17.9 Å². The van der Waals surface area contributed by atoms with Gasteiger partial charge in [-0.25, -0.2) is 8.42 Å². The van der Waals surface area contributed by atoms with Gasteiger partial charge in [-0.2, -0.15) is 10.5 Å². The smallest absolute Gasteiger partial charge is 0.185 e. The average Bonchev–Trinajstić information content (AvgIpc) is 3.03. The molecule has 3 aromatic rings. The van der Waals surface area contributed by atoms with E-state index in [1.165, 1.54) is 0 Å². The summed E-state index contributed by atoms with van der Waals surface area (Å²) in [6, 6.07) is 20.4. The molecule has 2 heterocycles. The summed E-state index contributed by atoms with van der Waals surface area (Å²) in [6.45, 7) is 8.10.